The average molecular weight is 330 g/mol. The SMILES string of the molecule is NC(Cc1cccc(F)c1F)c1ccc(F)c(Br)c1. The van der Waals surface area contributed by atoms with Gasteiger partial charge in [-0.1, -0.05) is 18.2 Å². The van der Waals surface area contributed by atoms with Crippen molar-refractivity contribution in [2.75, 3.05) is 0 Å². The number of halogens is 4. The summed E-state index contributed by atoms with van der Waals surface area (Å²) in [5, 5.41) is 0. The molecule has 0 aliphatic carbocycles. The number of nitrogens with two attached hydrogens (primary N) is 1. The van der Waals surface area contributed by atoms with Crippen LogP contribution in [0.25, 0.3) is 0 Å². The zero-order chi connectivity index (χ0) is 14.0. The second kappa shape index (κ2) is 5.75. The topological polar surface area (TPSA) is 26.0 Å². The first kappa shape index (κ1) is 14.1. The minimum Gasteiger partial charge on any atom is -0.324 e. The van der Waals surface area contributed by atoms with Crippen molar-refractivity contribution >= 4 is 15.9 Å². The quantitative estimate of drug-likeness (QED) is 0.901. The number of hydrogen-bond acceptors (Lipinski definition) is 1. The first-order chi connectivity index (χ1) is 8.99. The minimum absolute atomic E-state index is 0.141. The van der Waals surface area contributed by atoms with Crippen LogP contribution in [0.4, 0.5) is 13.2 Å². The van der Waals surface area contributed by atoms with Crippen molar-refractivity contribution in [3.63, 3.8) is 0 Å². The molecule has 5 heteroatoms. The maximum absolute atomic E-state index is 13.5. The van der Waals surface area contributed by atoms with Crippen LogP contribution in [0.2, 0.25) is 0 Å². The van der Waals surface area contributed by atoms with Gasteiger partial charge in [0, 0.05) is 6.04 Å². The normalized spacial score (nSPS) is 12.5. The Bertz CT molecular complexity index is 601. The molecule has 2 rings (SSSR count). The minimum atomic E-state index is -0.898. The standard InChI is InChI=1S/C14H11BrF3N/c15-10-6-8(4-5-11(10)16)13(19)7-9-2-1-3-12(17)14(9)18/h1-6,13H,7,19H2. The van der Waals surface area contributed by atoms with Crippen LogP contribution in [0.3, 0.4) is 0 Å². The van der Waals surface area contributed by atoms with Crippen molar-refractivity contribution in [2.45, 2.75) is 12.5 Å². The molecular formula is C14H11BrF3N. The summed E-state index contributed by atoms with van der Waals surface area (Å²) in [6.45, 7) is 0. The van der Waals surface area contributed by atoms with Gasteiger partial charge in [0.25, 0.3) is 0 Å². The third-order valence-corrected chi connectivity index (χ3v) is 3.45. The Morgan fingerprint density at radius 2 is 1.79 bits per heavy atom. The Kier molecular flexibility index (Phi) is 4.27. The van der Waals surface area contributed by atoms with Crippen molar-refractivity contribution in [1.29, 1.82) is 0 Å². The van der Waals surface area contributed by atoms with E-state index in [9.17, 15) is 13.2 Å². The van der Waals surface area contributed by atoms with Gasteiger partial charge in [0.1, 0.15) is 5.82 Å². The van der Waals surface area contributed by atoms with Crippen molar-refractivity contribution < 1.29 is 13.2 Å². The lowest BCUT2D eigenvalue weighted by Crippen LogP contribution is -2.14. The molecule has 0 fully saturated rings. The number of rotatable bonds is 3. The monoisotopic (exact) mass is 329 g/mol. The molecule has 2 aromatic carbocycles. The summed E-state index contributed by atoms with van der Waals surface area (Å²) in [7, 11) is 0. The van der Waals surface area contributed by atoms with Crippen molar-refractivity contribution in [2.24, 2.45) is 5.73 Å². The smallest absolute Gasteiger partial charge is 0.162 e. The van der Waals surface area contributed by atoms with Crippen molar-refractivity contribution in [1.82, 2.24) is 0 Å². The van der Waals surface area contributed by atoms with Crippen LogP contribution in [0, 0.1) is 17.5 Å². The second-order valence-corrected chi connectivity index (χ2v) is 5.05. The lowest BCUT2D eigenvalue weighted by molar-refractivity contribution is 0.494. The lowest BCUT2D eigenvalue weighted by Gasteiger charge is -2.13. The van der Waals surface area contributed by atoms with E-state index in [0.29, 0.717) is 10.0 Å². The molecule has 0 radical (unpaired) electrons. The Balaban J connectivity index is 2.23. The third-order valence-electron chi connectivity index (χ3n) is 2.84. The Hall–Kier alpha value is -1.33. The molecule has 0 aromatic heterocycles. The van der Waals surface area contributed by atoms with E-state index in [2.05, 4.69) is 15.9 Å². The molecule has 19 heavy (non-hydrogen) atoms. The van der Waals surface area contributed by atoms with E-state index in [1.54, 1.807) is 0 Å². The van der Waals surface area contributed by atoms with Gasteiger partial charge in [0.05, 0.1) is 4.47 Å². The van der Waals surface area contributed by atoms with Gasteiger partial charge in [-0.25, -0.2) is 13.2 Å². The summed E-state index contributed by atoms with van der Waals surface area (Å²) in [4.78, 5) is 0. The summed E-state index contributed by atoms with van der Waals surface area (Å²) < 4.78 is 40.0. The highest BCUT2D eigenvalue weighted by Gasteiger charge is 2.14. The van der Waals surface area contributed by atoms with Gasteiger partial charge >= 0.3 is 0 Å². The van der Waals surface area contributed by atoms with Gasteiger partial charge in [0.2, 0.25) is 0 Å². The Labute approximate surface area is 117 Å². The molecule has 0 saturated heterocycles. The van der Waals surface area contributed by atoms with Gasteiger partial charge in [-0.15, -0.1) is 0 Å². The number of hydrogen-bond donors (Lipinski definition) is 1. The third kappa shape index (κ3) is 3.16. The molecule has 100 valence electrons. The van der Waals surface area contributed by atoms with Gasteiger partial charge in [0.15, 0.2) is 11.6 Å². The average Bonchev–Trinajstić information content (AvgIpc) is 2.38. The van der Waals surface area contributed by atoms with Crippen LogP contribution in [0.5, 0.6) is 0 Å². The predicted molar refractivity (Wildman–Crippen MR) is 71.1 cm³/mol. The largest absolute Gasteiger partial charge is 0.324 e. The molecule has 0 saturated carbocycles. The van der Waals surface area contributed by atoms with E-state index < -0.39 is 23.5 Å². The molecule has 0 bridgehead atoms. The molecule has 1 nitrogen and oxygen atoms in total. The van der Waals surface area contributed by atoms with E-state index >= 15 is 0 Å². The highest BCUT2D eigenvalue weighted by atomic mass is 79.9. The fourth-order valence-corrected chi connectivity index (χ4v) is 2.20. The zero-order valence-corrected chi connectivity index (χ0v) is 11.4. The highest BCUT2D eigenvalue weighted by Crippen LogP contribution is 2.23. The van der Waals surface area contributed by atoms with Gasteiger partial charge in [-0.3, -0.25) is 0 Å². The van der Waals surface area contributed by atoms with E-state index in [1.165, 1.54) is 30.3 Å². The molecule has 0 aliphatic heterocycles. The van der Waals surface area contributed by atoms with Gasteiger partial charge < -0.3 is 5.73 Å². The number of benzene rings is 2. The van der Waals surface area contributed by atoms with Crippen LogP contribution in [-0.4, -0.2) is 0 Å². The second-order valence-electron chi connectivity index (χ2n) is 4.20. The fraction of sp³-hybridized carbons (Fsp3) is 0.143. The summed E-state index contributed by atoms with van der Waals surface area (Å²) >= 11 is 3.06. The molecule has 0 spiro atoms. The molecule has 0 aliphatic rings. The molecular weight excluding hydrogens is 319 g/mol. The first-order valence-electron chi connectivity index (χ1n) is 5.62. The first-order valence-corrected chi connectivity index (χ1v) is 6.41. The Morgan fingerprint density at radius 1 is 1.05 bits per heavy atom. The lowest BCUT2D eigenvalue weighted by atomic mass is 9.99. The van der Waals surface area contributed by atoms with Crippen LogP contribution < -0.4 is 5.73 Å². The van der Waals surface area contributed by atoms with Crippen LogP contribution in [0.15, 0.2) is 40.9 Å². The molecule has 2 aromatic rings. The van der Waals surface area contributed by atoms with Crippen LogP contribution in [-0.2, 0) is 6.42 Å². The Morgan fingerprint density at radius 3 is 2.47 bits per heavy atom. The highest BCUT2D eigenvalue weighted by molar-refractivity contribution is 9.10. The summed E-state index contributed by atoms with van der Waals surface area (Å²) in [5.41, 5.74) is 6.78. The molecule has 0 heterocycles. The van der Waals surface area contributed by atoms with Crippen molar-refractivity contribution in [3.05, 3.63) is 69.4 Å². The van der Waals surface area contributed by atoms with E-state index in [1.807, 2.05) is 0 Å². The predicted octanol–water partition coefficient (Wildman–Crippen LogP) is 4.11. The summed E-state index contributed by atoms with van der Waals surface area (Å²) in [5.74, 6) is -2.18. The molecule has 1 atom stereocenters. The fourth-order valence-electron chi connectivity index (χ4n) is 1.80. The van der Waals surface area contributed by atoms with Crippen LogP contribution >= 0.6 is 15.9 Å². The van der Waals surface area contributed by atoms with Gasteiger partial charge in [-0.05, 0) is 51.7 Å². The molecule has 2 N–H and O–H groups in total. The zero-order valence-electron chi connectivity index (χ0n) is 9.84. The van der Waals surface area contributed by atoms with E-state index in [-0.39, 0.29) is 12.0 Å². The maximum atomic E-state index is 13.5. The van der Waals surface area contributed by atoms with Gasteiger partial charge in [-0.2, -0.15) is 0 Å². The van der Waals surface area contributed by atoms with E-state index in [4.69, 9.17) is 5.73 Å². The summed E-state index contributed by atoms with van der Waals surface area (Å²) in [6.07, 6.45) is 0.141. The van der Waals surface area contributed by atoms with Crippen LogP contribution in [0.1, 0.15) is 17.2 Å². The van der Waals surface area contributed by atoms with Crippen molar-refractivity contribution in [3.8, 4) is 0 Å². The molecule has 1 unspecified atom stereocenters. The van der Waals surface area contributed by atoms with E-state index in [0.717, 1.165) is 6.07 Å². The maximum Gasteiger partial charge on any atom is 0.162 e. The summed E-state index contributed by atoms with van der Waals surface area (Å²) in [6, 6.07) is 7.78. The molecule has 0 amide bonds.